The number of fused-ring (bicyclic) bond motifs is 1. The quantitative estimate of drug-likeness (QED) is 0.505. The van der Waals surface area contributed by atoms with Crippen LogP contribution in [0.1, 0.15) is 5.56 Å². The summed E-state index contributed by atoms with van der Waals surface area (Å²) in [6.07, 6.45) is -0.259. The van der Waals surface area contributed by atoms with Crippen LogP contribution in [0.15, 0.2) is 53.7 Å². The number of primary amides is 1. The van der Waals surface area contributed by atoms with Gasteiger partial charge in [-0.3, -0.25) is 14.2 Å². The number of nitrogens with zero attached hydrogens (tertiary/aromatic N) is 4. The molecule has 172 valence electrons. The van der Waals surface area contributed by atoms with Crippen molar-refractivity contribution in [2.45, 2.75) is 24.7 Å². The molecule has 10 heteroatoms. The number of nitrogens with two attached hydrogens (primary N) is 1. The number of ether oxygens (including phenoxy) is 2. The van der Waals surface area contributed by atoms with Gasteiger partial charge in [0.1, 0.15) is 13.2 Å². The fourth-order valence-corrected chi connectivity index (χ4v) is 4.37. The van der Waals surface area contributed by atoms with E-state index in [0.29, 0.717) is 35.6 Å². The lowest BCUT2D eigenvalue weighted by Gasteiger charge is -2.29. The van der Waals surface area contributed by atoms with E-state index in [-0.39, 0.29) is 24.3 Å². The summed E-state index contributed by atoms with van der Waals surface area (Å²) < 4.78 is 13.3. The SMILES string of the molecule is Cc1cccc(-c2nnc(SCC(=O)N(C)C[C@H]3COc4ccccc4O3)n2CC(N)=O)c1. The van der Waals surface area contributed by atoms with Crippen molar-refractivity contribution in [3.8, 4) is 22.9 Å². The van der Waals surface area contributed by atoms with Crippen LogP contribution >= 0.6 is 11.8 Å². The number of likely N-dealkylation sites (N-methyl/N-ethyl adjacent to an activating group) is 1. The Morgan fingerprint density at radius 1 is 1.18 bits per heavy atom. The highest BCUT2D eigenvalue weighted by Crippen LogP contribution is 2.31. The highest BCUT2D eigenvalue weighted by Gasteiger charge is 2.24. The zero-order chi connectivity index (χ0) is 23.4. The molecule has 0 spiro atoms. The lowest BCUT2D eigenvalue weighted by Crippen LogP contribution is -2.42. The van der Waals surface area contributed by atoms with Crippen LogP contribution < -0.4 is 15.2 Å². The molecule has 0 radical (unpaired) electrons. The molecule has 1 atom stereocenters. The van der Waals surface area contributed by atoms with E-state index >= 15 is 0 Å². The van der Waals surface area contributed by atoms with Gasteiger partial charge < -0.3 is 20.1 Å². The Kier molecular flexibility index (Phi) is 6.83. The molecule has 9 nitrogen and oxygen atoms in total. The van der Waals surface area contributed by atoms with Crippen LogP contribution in [0.3, 0.4) is 0 Å². The number of amides is 2. The van der Waals surface area contributed by atoms with Crippen LogP contribution in [0, 0.1) is 6.92 Å². The average Bonchev–Trinajstić information content (AvgIpc) is 3.19. The van der Waals surface area contributed by atoms with Crippen molar-refractivity contribution >= 4 is 23.6 Å². The second-order valence-electron chi connectivity index (χ2n) is 7.79. The Morgan fingerprint density at radius 2 is 1.97 bits per heavy atom. The van der Waals surface area contributed by atoms with E-state index in [2.05, 4.69) is 10.2 Å². The number of hydrogen-bond acceptors (Lipinski definition) is 7. The van der Waals surface area contributed by atoms with Crippen molar-refractivity contribution in [3.05, 3.63) is 54.1 Å². The monoisotopic (exact) mass is 467 g/mol. The number of thioether (sulfide) groups is 1. The van der Waals surface area contributed by atoms with E-state index in [1.165, 1.54) is 11.8 Å². The standard InChI is InChI=1S/C23H25N5O4S/c1-15-6-5-7-16(10-15)22-25-26-23(28(22)12-20(24)29)33-14-21(30)27(2)11-17-13-31-18-8-3-4-9-19(18)32-17/h3-10,17H,11-14H2,1-2H3,(H2,24,29)/t17-/m0/s1. The Hall–Kier alpha value is -3.53. The van der Waals surface area contributed by atoms with Gasteiger partial charge >= 0.3 is 0 Å². The molecule has 0 aliphatic carbocycles. The summed E-state index contributed by atoms with van der Waals surface area (Å²) in [6.45, 7) is 2.65. The maximum Gasteiger partial charge on any atom is 0.237 e. The molecule has 1 aliphatic heterocycles. The van der Waals surface area contributed by atoms with Gasteiger partial charge in [-0.25, -0.2) is 0 Å². The fourth-order valence-electron chi connectivity index (χ4n) is 3.49. The summed E-state index contributed by atoms with van der Waals surface area (Å²) in [5.41, 5.74) is 7.33. The second kappa shape index (κ2) is 9.95. The van der Waals surface area contributed by atoms with Gasteiger partial charge in [0.2, 0.25) is 11.8 Å². The molecule has 1 aromatic heterocycles. The highest BCUT2D eigenvalue weighted by molar-refractivity contribution is 7.99. The average molecular weight is 468 g/mol. The maximum atomic E-state index is 12.8. The predicted molar refractivity (Wildman–Crippen MR) is 124 cm³/mol. The van der Waals surface area contributed by atoms with Crippen molar-refractivity contribution in [2.24, 2.45) is 5.73 Å². The number of aryl methyl sites for hydroxylation is 1. The zero-order valence-corrected chi connectivity index (χ0v) is 19.2. The molecule has 33 heavy (non-hydrogen) atoms. The molecule has 4 rings (SSSR count). The molecule has 0 unspecified atom stereocenters. The van der Waals surface area contributed by atoms with Crippen molar-refractivity contribution in [3.63, 3.8) is 0 Å². The number of rotatable bonds is 8. The largest absolute Gasteiger partial charge is 0.486 e. The molecule has 2 amide bonds. The molecule has 0 fully saturated rings. The Morgan fingerprint density at radius 3 is 2.73 bits per heavy atom. The molecular weight excluding hydrogens is 442 g/mol. The first-order valence-electron chi connectivity index (χ1n) is 10.4. The third-order valence-corrected chi connectivity index (χ3v) is 6.05. The van der Waals surface area contributed by atoms with E-state index in [9.17, 15) is 9.59 Å². The van der Waals surface area contributed by atoms with Gasteiger partial charge in [-0.05, 0) is 25.1 Å². The van der Waals surface area contributed by atoms with Crippen molar-refractivity contribution < 1.29 is 19.1 Å². The number of para-hydroxylation sites is 2. The minimum Gasteiger partial charge on any atom is -0.486 e. The third kappa shape index (κ3) is 5.46. The number of benzene rings is 2. The minimum absolute atomic E-state index is 0.0741. The summed E-state index contributed by atoms with van der Waals surface area (Å²) in [6, 6.07) is 15.2. The Balaban J connectivity index is 1.40. The maximum absolute atomic E-state index is 12.8. The number of aromatic nitrogens is 3. The van der Waals surface area contributed by atoms with Crippen molar-refractivity contribution in [1.29, 1.82) is 0 Å². The molecule has 2 aromatic carbocycles. The van der Waals surface area contributed by atoms with Gasteiger partial charge in [0, 0.05) is 12.6 Å². The number of carbonyl (C=O) groups is 2. The zero-order valence-electron chi connectivity index (χ0n) is 18.4. The topological polar surface area (TPSA) is 113 Å². The van der Waals surface area contributed by atoms with Crippen molar-refractivity contribution in [1.82, 2.24) is 19.7 Å². The molecule has 0 bridgehead atoms. The van der Waals surface area contributed by atoms with Crippen LogP contribution in [-0.4, -0.2) is 63.5 Å². The molecule has 3 aromatic rings. The van der Waals surface area contributed by atoms with E-state index in [1.807, 2.05) is 55.5 Å². The third-order valence-electron chi connectivity index (χ3n) is 5.10. The molecular formula is C23H25N5O4S. The van der Waals surface area contributed by atoms with Gasteiger partial charge in [0.15, 0.2) is 28.6 Å². The van der Waals surface area contributed by atoms with Crippen LogP contribution in [0.25, 0.3) is 11.4 Å². The molecule has 0 saturated carbocycles. The van der Waals surface area contributed by atoms with E-state index < -0.39 is 5.91 Å². The lowest BCUT2D eigenvalue weighted by atomic mass is 10.1. The van der Waals surface area contributed by atoms with Crippen LogP contribution in [0.2, 0.25) is 0 Å². The lowest BCUT2D eigenvalue weighted by molar-refractivity contribution is -0.128. The first kappa shape index (κ1) is 22.7. The summed E-state index contributed by atoms with van der Waals surface area (Å²) in [5.74, 6) is 1.43. The summed E-state index contributed by atoms with van der Waals surface area (Å²) in [7, 11) is 1.72. The molecule has 0 saturated heterocycles. The summed E-state index contributed by atoms with van der Waals surface area (Å²) in [5, 5.41) is 8.90. The first-order valence-corrected chi connectivity index (χ1v) is 11.4. The van der Waals surface area contributed by atoms with E-state index in [0.717, 1.165) is 11.1 Å². The number of carbonyl (C=O) groups excluding carboxylic acids is 2. The smallest absolute Gasteiger partial charge is 0.237 e. The highest BCUT2D eigenvalue weighted by atomic mass is 32.2. The second-order valence-corrected chi connectivity index (χ2v) is 8.73. The van der Waals surface area contributed by atoms with Gasteiger partial charge in [-0.15, -0.1) is 10.2 Å². The molecule has 1 aliphatic rings. The van der Waals surface area contributed by atoms with Gasteiger partial charge in [0.05, 0.1) is 12.3 Å². The van der Waals surface area contributed by atoms with E-state index in [1.54, 1.807) is 16.5 Å². The minimum atomic E-state index is -0.510. The van der Waals surface area contributed by atoms with Gasteiger partial charge in [0.25, 0.3) is 0 Å². The molecule has 2 N–H and O–H groups in total. The van der Waals surface area contributed by atoms with Crippen LogP contribution in [0.4, 0.5) is 0 Å². The van der Waals surface area contributed by atoms with Gasteiger partial charge in [-0.1, -0.05) is 47.7 Å². The predicted octanol–water partition coefficient (Wildman–Crippen LogP) is 2.13. The van der Waals surface area contributed by atoms with Crippen LogP contribution in [-0.2, 0) is 16.1 Å². The summed E-state index contributed by atoms with van der Waals surface area (Å²) in [4.78, 5) is 26.0. The van der Waals surface area contributed by atoms with Crippen LogP contribution in [0.5, 0.6) is 11.5 Å². The Bertz CT molecular complexity index is 1170. The van der Waals surface area contributed by atoms with Crippen molar-refractivity contribution in [2.75, 3.05) is 26.0 Å². The molecule has 2 heterocycles. The van der Waals surface area contributed by atoms with Gasteiger partial charge in [-0.2, -0.15) is 0 Å². The Labute approximate surface area is 195 Å². The fraction of sp³-hybridized carbons (Fsp3) is 0.304. The number of hydrogen-bond donors (Lipinski definition) is 1. The first-order chi connectivity index (χ1) is 15.9. The normalized spacial score (nSPS) is 14.7. The summed E-state index contributed by atoms with van der Waals surface area (Å²) >= 11 is 1.21. The van der Waals surface area contributed by atoms with E-state index in [4.69, 9.17) is 15.2 Å².